The van der Waals surface area contributed by atoms with Crippen LogP contribution in [0.15, 0.2) is 35.5 Å². The molecule has 1 heterocycles. The van der Waals surface area contributed by atoms with E-state index in [4.69, 9.17) is 0 Å². The molecule has 0 bridgehead atoms. The van der Waals surface area contributed by atoms with E-state index in [0.29, 0.717) is 19.5 Å². The van der Waals surface area contributed by atoms with Crippen LogP contribution in [0.25, 0.3) is 0 Å². The van der Waals surface area contributed by atoms with Crippen LogP contribution in [0.5, 0.6) is 0 Å². The number of aryl methyl sites for hydroxylation is 1. The Kier molecular flexibility index (Phi) is 8.77. The molecule has 0 aliphatic rings. The molecule has 0 fully saturated rings. The highest BCUT2D eigenvalue weighted by atomic mass is 32.1. The van der Waals surface area contributed by atoms with Crippen molar-refractivity contribution in [2.45, 2.75) is 53.1 Å². The number of carbonyl (C=O) groups is 1. The summed E-state index contributed by atoms with van der Waals surface area (Å²) in [4.78, 5) is 22.1. The van der Waals surface area contributed by atoms with E-state index in [9.17, 15) is 4.79 Å². The molecular weight excluding hydrogens is 358 g/mol. The molecule has 0 saturated carbocycles. The molecule has 0 aliphatic heterocycles. The zero-order valence-electron chi connectivity index (χ0n) is 16.3. The minimum atomic E-state index is 0.0445. The minimum absolute atomic E-state index is 0.0445. The summed E-state index contributed by atoms with van der Waals surface area (Å²) in [6.45, 7) is 8.15. The Hall–Kier alpha value is -2.41. The number of nitrogens with one attached hydrogen (secondary N) is 3. The van der Waals surface area contributed by atoms with Gasteiger partial charge < -0.3 is 16.0 Å². The minimum Gasteiger partial charge on any atom is -0.357 e. The summed E-state index contributed by atoms with van der Waals surface area (Å²) in [7, 11) is 0. The number of aliphatic imine (C=N–C) groups is 1. The highest BCUT2D eigenvalue weighted by Crippen LogP contribution is 2.14. The number of rotatable bonds is 9. The highest BCUT2D eigenvalue weighted by Gasteiger charge is 2.04. The van der Waals surface area contributed by atoms with Gasteiger partial charge in [0.1, 0.15) is 5.01 Å². The van der Waals surface area contributed by atoms with E-state index in [1.54, 1.807) is 11.3 Å². The second kappa shape index (κ2) is 11.3. The van der Waals surface area contributed by atoms with Crippen LogP contribution in [0.4, 0.5) is 5.69 Å². The van der Waals surface area contributed by atoms with E-state index in [-0.39, 0.29) is 5.91 Å². The number of nitrogens with zero attached hydrogens (tertiary/aromatic N) is 2. The van der Waals surface area contributed by atoms with Gasteiger partial charge in [-0.2, -0.15) is 0 Å². The maximum atomic E-state index is 11.8. The van der Waals surface area contributed by atoms with Crippen molar-refractivity contribution in [1.29, 1.82) is 0 Å². The smallest absolute Gasteiger partial charge is 0.224 e. The van der Waals surface area contributed by atoms with Crippen molar-refractivity contribution in [3.63, 3.8) is 0 Å². The third-order valence-electron chi connectivity index (χ3n) is 3.81. The van der Waals surface area contributed by atoms with Gasteiger partial charge in [-0.25, -0.2) is 9.98 Å². The predicted molar refractivity (Wildman–Crippen MR) is 113 cm³/mol. The number of guanidine groups is 1. The quantitative estimate of drug-likeness (QED) is 0.453. The second-order valence-electron chi connectivity index (χ2n) is 6.12. The van der Waals surface area contributed by atoms with E-state index in [1.165, 1.54) is 4.88 Å². The fourth-order valence-corrected chi connectivity index (χ4v) is 3.26. The molecule has 7 heteroatoms. The standard InChI is InChI=1S/C20H29N5OS/c1-4-8-18(26)25-16-10-7-9-15(11-16)12-23-20(21-6-3)24-14-19-22-13-17(5-2)27-19/h7,9-11,13H,4-6,8,12,14H2,1-3H3,(H,25,26)(H2,21,23,24). The number of hydrogen-bond acceptors (Lipinski definition) is 4. The van der Waals surface area contributed by atoms with Crippen LogP contribution in [0.1, 0.15) is 49.1 Å². The first-order valence-corrected chi connectivity index (χ1v) is 10.3. The zero-order valence-corrected chi connectivity index (χ0v) is 17.2. The molecule has 0 unspecified atom stereocenters. The molecule has 2 rings (SSSR count). The molecule has 0 saturated heterocycles. The number of thiazole rings is 1. The van der Waals surface area contributed by atoms with Gasteiger partial charge in [0.25, 0.3) is 0 Å². The molecule has 0 atom stereocenters. The van der Waals surface area contributed by atoms with Gasteiger partial charge in [-0.15, -0.1) is 11.3 Å². The molecule has 146 valence electrons. The first-order chi connectivity index (χ1) is 13.1. The lowest BCUT2D eigenvalue weighted by molar-refractivity contribution is -0.116. The summed E-state index contributed by atoms with van der Waals surface area (Å²) in [5.41, 5.74) is 1.86. The van der Waals surface area contributed by atoms with Crippen LogP contribution in [0.3, 0.4) is 0 Å². The highest BCUT2D eigenvalue weighted by molar-refractivity contribution is 7.11. The van der Waals surface area contributed by atoms with E-state index >= 15 is 0 Å². The molecule has 27 heavy (non-hydrogen) atoms. The van der Waals surface area contributed by atoms with Crippen LogP contribution in [0, 0.1) is 0 Å². The molecule has 2 aromatic rings. The number of anilines is 1. The lowest BCUT2D eigenvalue weighted by atomic mass is 10.2. The second-order valence-corrected chi connectivity index (χ2v) is 7.32. The Morgan fingerprint density at radius 1 is 1.22 bits per heavy atom. The van der Waals surface area contributed by atoms with Gasteiger partial charge in [0.2, 0.25) is 5.91 Å². The summed E-state index contributed by atoms with van der Waals surface area (Å²) < 4.78 is 0. The van der Waals surface area contributed by atoms with Gasteiger partial charge in [0.05, 0.1) is 13.1 Å². The van der Waals surface area contributed by atoms with E-state index < -0.39 is 0 Å². The fraction of sp³-hybridized carbons (Fsp3) is 0.450. The number of carbonyl (C=O) groups excluding carboxylic acids is 1. The number of hydrogen-bond donors (Lipinski definition) is 3. The van der Waals surface area contributed by atoms with Gasteiger partial charge in [0, 0.05) is 29.7 Å². The monoisotopic (exact) mass is 387 g/mol. The number of benzene rings is 1. The average Bonchev–Trinajstić information content (AvgIpc) is 3.12. The SMILES string of the molecule is CCCC(=O)Nc1cccc(CN=C(NCC)NCc2ncc(CC)s2)c1. The van der Waals surface area contributed by atoms with E-state index in [2.05, 4.69) is 32.9 Å². The molecule has 1 amide bonds. The summed E-state index contributed by atoms with van der Waals surface area (Å²) in [5.74, 6) is 0.800. The molecule has 0 radical (unpaired) electrons. The van der Waals surface area contributed by atoms with Gasteiger partial charge in [0.15, 0.2) is 5.96 Å². The van der Waals surface area contributed by atoms with Crippen LogP contribution in [-0.4, -0.2) is 23.4 Å². The van der Waals surface area contributed by atoms with Crippen molar-refractivity contribution >= 4 is 28.9 Å². The predicted octanol–water partition coefficient (Wildman–Crippen LogP) is 3.70. The molecule has 0 spiro atoms. The first-order valence-electron chi connectivity index (χ1n) is 9.49. The van der Waals surface area contributed by atoms with Crippen molar-refractivity contribution < 1.29 is 4.79 Å². The first kappa shape index (κ1) is 20.9. The van der Waals surface area contributed by atoms with Crippen molar-refractivity contribution in [3.05, 3.63) is 45.9 Å². The normalized spacial score (nSPS) is 11.3. The molecule has 0 aliphatic carbocycles. The van der Waals surface area contributed by atoms with Crippen molar-refractivity contribution in [3.8, 4) is 0 Å². The molecule has 6 nitrogen and oxygen atoms in total. The Bertz CT molecular complexity index is 756. The Labute approximate surface area is 165 Å². The van der Waals surface area contributed by atoms with Crippen LogP contribution in [0.2, 0.25) is 0 Å². The Morgan fingerprint density at radius 2 is 2.07 bits per heavy atom. The van der Waals surface area contributed by atoms with Crippen LogP contribution < -0.4 is 16.0 Å². The van der Waals surface area contributed by atoms with Gasteiger partial charge in [-0.3, -0.25) is 4.79 Å². The summed E-state index contributed by atoms with van der Waals surface area (Å²) in [6.07, 6.45) is 4.32. The fourth-order valence-electron chi connectivity index (χ4n) is 2.46. The molecule has 3 N–H and O–H groups in total. The molecule has 1 aromatic heterocycles. The van der Waals surface area contributed by atoms with Gasteiger partial charge in [-0.05, 0) is 37.5 Å². The largest absolute Gasteiger partial charge is 0.357 e. The van der Waals surface area contributed by atoms with Crippen LogP contribution in [-0.2, 0) is 24.3 Å². The topological polar surface area (TPSA) is 78.4 Å². The van der Waals surface area contributed by atoms with E-state index in [0.717, 1.165) is 41.6 Å². The summed E-state index contributed by atoms with van der Waals surface area (Å²) >= 11 is 1.72. The Morgan fingerprint density at radius 3 is 2.78 bits per heavy atom. The summed E-state index contributed by atoms with van der Waals surface area (Å²) in [5, 5.41) is 10.6. The third-order valence-corrected chi connectivity index (χ3v) is 4.95. The molecule has 1 aromatic carbocycles. The third kappa shape index (κ3) is 7.38. The summed E-state index contributed by atoms with van der Waals surface area (Å²) in [6, 6.07) is 7.82. The van der Waals surface area contributed by atoms with Crippen molar-refractivity contribution in [2.24, 2.45) is 4.99 Å². The maximum absolute atomic E-state index is 11.8. The lowest BCUT2D eigenvalue weighted by Gasteiger charge is -2.10. The Balaban J connectivity index is 1.95. The maximum Gasteiger partial charge on any atom is 0.224 e. The number of amides is 1. The zero-order chi connectivity index (χ0) is 19.5. The van der Waals surface area contributed by atoms with Gasteiger partial charge in [-0.1, -0.05) is 26.0 Å². The lowest BCUT2D eigenvalue weighted by Crippen LogP contribution is -2.36. The molecular formula is C20H29N5OS. The average molecular weight is 388 g/mol. The van der Waals surface area contributed by atoms with Crippen molar-refractivity contribution in [2.75, 3.05) is 11.9 Å². The van der Waals surface area contributed by atoms with E-state index in [1.807, 2.05) is 44.3 Å². The van der Waals surface area contributed by atoms with Crippen molar-refractivity contribution in [1.82, 2.24) is 15.6 Å². The number of aromatic nitrogens is 1. The van der Waals surface area contributed by atoms with Crippen LogP contribution >= 0.6 is 11.3 Å². The van der Waals surface area contributed by atoms with Gasteiger partial charge >= 0.3 is 0 Å².